The molecule has 3 heterocycles. The predicted octanol–water partition coefficient (Wildman–Crippen LogP) is 0.535. The van der Waals surface area contributed by atoms with Gasteiger partial charge in [-0.25, -0.2) is 0 Å². The highest BCUT2D eigenvalue weighted by Gasteiger charge is 2.28. The molecule has 2 aliphatic rings. The molecule has 0 N–H and O–H groups in total. The van der Waals surface area contributed by atoms with Crippen LogP contribution < -0.4 is 5.56 Å². The van der Waals surface area contributed by atoms with Gasteiger partial charge in [0.05, 0.1) is 12.2 Å². The molecule has 0 bridgehead atoms. The predicted molar refractivity (Wildman–Crippen MR) is 44.7 cm³/mol. The number of nitrogens with zero attached hydrogens (tertiary/aromatic N) is 1. The van der Waals surface area contributed by atoms with E-state index in [-0.39, 0.29) is 12.4 Å². The number of hydrogen-bond acceptors (Lipinski definition) is 3. The molecule has 4 heteroatoms. The van der Waals surface area contributed by atoms with Gasteiger partial charge in [-0.05, 0) is 6.07 Å². The van der Waals surface area contributed by atoms with Gasteiger partial charge in [0.2, 0.25) is 6.79 Å². The van der Waals surface area contributed by atoms with Crippen LogP contribution in [0.4, 0.5) is 0 Å². The van der Waals surface area contributed by atoms with Gasteiger partial charge < -0.3 is 9.47 Å². The van der Waals surface area contributed by atoms with Gasteiger partial charge in [-0.1, -0.05) is 6.07 Å². The monoisotopic (exact) mass is 177 g/mol. The van der Waals surface area contributed by atoms with Gasteiger partial charge in [0.15, 0.2) is 11.5 Å². The van der Waals surface area contributed by atoms with Crippen molar-refractivity contribution < 1.29 is 9.47 Å². The number of ether oxygens (including phenoxy) is 2. The smallest absolute Gasteiger partial charge is 0.251 e. The second-order valence-corrected chi connectivity index (χ2v) is 2.99. The highest BCUT2D eigenvalue weighted by atomic mass is 16.7. The molecule has 0 unspecified atom stereocenters. The van der Waals surface area contributed by atoms with Crippen LogP contribution in [0.2, 0.25) is 0 Å². The summed E-state index contributed by atoms with van der Waals surface area (Å²) in [5.41, 5.74) is 0.805. The first-order chi connectivity index (χ1) is 6.36. The van der Waals surface area contributed by atoms with E-state index in [1.54, 1.807) is 10.6 Å². The zero-order valence-electron chi connectivity index (χ0n) is 6.82. The van der Waals surface area contributed by atoms with Crippen LogP contribution >= 0.6 is 0 Å². The molecule has 1 aromatic rings. The summed E-state index contributed by atoms with van der Waals surface area (Å²) in [6.45, 7) is 0.776. The molecular formula is C9H7NO3. The average molecular weight is 177 g/mol. The van der Waals surface area contributed by atoms with Crippen LogP contribution in [-0.4, -0.2) is 11.4 Å². The maximum Gasteiger partial charge on any atom is 0.251 e. The first kappa shape index (κ1) is 6.77. The maximum atomic E-state index is 11.4. The lowest BCUT2D eigenvalue weighted by Crippen LogP contribution is -2.19. The normalized spacial score (nSPS) is 17.8. The third kappa shape index (κ3) is 0.771. The lowest BCUT2D eigenvalue weighted by molar-refractivity contribution is 0.0789. The van der Waals surface area contributed by atoms with Crippen molar-refractivity contribution in [3.8, 4) is 0 Å². The van der Waals surface area contributed by atoms with Crippen molar-refractivity contribution in [3.05, 3.63) is 40.0 Å². The van der Waals surface area contributed by atoms with Crippen molar-refractivity contribution in [1.29, 1.82) is 0 Å². The molecule has 4 nitrogen and oxygen atoms in total. The van der Waals surface area contributed by atoms with Crippen LogP contribution in [0.15, 0.2) is 28.8 Å². The molecule has 0 aromatic carbocycles. The second kappa shape index (κ2) is 2.16. The zero-order valence-corrected chi connectivity index (χ0v) is 6.82. The number of rotatable bonds is 0. The maximum absolute atomic E-state index is 11.4. The Balaban J connectivity index is 2.26. The molecule has 66 valence electrons. The van der Waals surface area contributed by atoms with Gasteiger partial charge in [0.1, 0.15) is 0 Å². The van der Waals surface area contributed by atoms with E-state index in [0.717, 1.165) is 17.2 Å². The lowest BCUT2D eigenvalue weighted by Gasteiger charge is -2.05. The van der Waals surface area contributed by atoms with E-state index >= 15 is 0 Å². The molecule has 0 aliphatic carbocycles. The Morgan fingerprint density at radius 2 is 2.23 bits per heavy atom. The molecule has 13 heavy (non-hydrogen) atoms. The van der Waals surface area contributed by atoms with E-state index in [2.05, 4.69) is 0 Å². The summed E-state index contributed by atoms with van der Waals surface area (Å²) in [4.78, 5) is 11.4. The average Bonchev–Trinajstić information content (AvgIpc) is 2.65. The number of allylic oxidation sites excluding steroid dienone is 1. The third-order valence-corrected chi connectivity index (χ3v) is 2.27. The molecular weight excluding hydrogens is 170 g/mol. The van der Waals surface area contributed by atoms with Crippen molar-refractivity contribution in [2.75, 3.05) is 6.79 Å². The van der Waals surface area contributed by atoms with Gasteiger partial charge in [0, 0.05) is 6.07 Å². The van der Waals surface area contributed by atoms with Gasteiger partial charge in [-0.3, -0.25) is 9.36 Å². The minimum Gasteiger partial charge on any atom is -0.456 e. The fraction of sp³-hybridized carbons (Fsp3) is 0.222. The third-order valence-electron chi connectivity index (χ3n) is 2.27. The molecule has 2 aliphatic heterocycles. The fourth-order valence-electron chi connectivity index (χ4n) is 1.66. The summed E-state index contributed by atoms with van der Waals surface area (Å²) in [6, 6.07) is 5.12. The minimum atomic E-state index is -0.0147. The van der Waals surface area contributed by atoms with E-state index in [1.165, 1.54) is 6.07 Å². The lowest BCUT2D eigenvalue weighted by atomic mass is 10.3. The van der Waals surface area contributed by atoms with Crippen LogP contribution in [0.3, 0.4) is 0 Å². The zero-order chi connectivity index (χ0) is 8.84. The minimum absolute atomic E-state index is 0.0147. The van der Waals surface area contributed by atoms with Gasteiger partial charge in [0.25, 0.3) is 5.56 Å². The van der Waals surface area contributed by atoms with E-state index < -0.39 is 0 Å². The van der Waals surface area contributed by atoms with Crippen LogP contribution in [-0.2, 0) is 16.0 Å². The van der Waals surface area contributed by atoms with E-state index in [0.29, 0.717) is 6.54 Å². The van der Waals surface area contributed by atoms with Crippen LogP contribution in [0.1, 0.15) is 5.69 Å². The number of pyridine rings is 1. The summed E-state index contributed by atoms with van der Waals surface area (Å²) in [7, 11) is 0. The Morgan fingerprint density at radius 3 is 3.15 bits per heavy atom. The van der Waals surface area contributed by atoms with Crippen molar-refractivity contribution in [1.82, 2.24) is 4.57 Å². The van der Waals surface area contributed by atoms with Gasteiger partial charge in [-0.2, -0.15) is 0 Å². The second-order valence-electron chi connectivity index (χ2n) is 2.99. The highest BCUT2D eigenvalue weighted by Crippen LogP contribution is 2.31. The Morgan fingerprint density at radius 1 is 1.31 bits per heavy atom. The molecule has 0 saturated heterocycles. The quantitative estimate of drug-likeness (QED) is 0.580. The molecule has 0 fully saturated rings. The molecule has 0 radical (unpaired) electrons. The number of aromatic nitrogens is 1. The fourth-order valence-corrected chi connectivity index (χ4v) is 1.66. The molecule has 0 saturated carbocycles. The van der Waals surface area contributed by atoms with Gasteiger partial charge >= 0.3 is 0 Å². The van der Waals surface area contributed by atoms with E-state index in [9.17, 15) is 4.79 Å². The summed E-state index contributed by atoms with van der Waals surface area (Å²) in [6.07, 6.45) is 0. The molecule has 0 spiro atoms. The standard InChI is InChI=1S/C9H7NO3/c11-8-3-1-2-6-9-7(4-10(6)8)12-5-13-9/h1-3H,4-5H2. The van der Waals surface area contributed by atoms with Crippen molar-refractivity contribution >= 4 is 5.76 Å². The summed E-state index contributed by atoms with van der Waals surface area (Å²) in [5, 5.41) is 0. The van der Waals surface area contributed by atoms with E-state index in [1.807, 2.05) is 6.07 Å². The van der Waals surface area contributed by atoms with Crippen molar-refractivity contribution in [3.63, 3.8) is 0 Å². The molecule has 0 atom stereocenters. The summed E-state index contributed by atoms with van der Waals surface area (Å²) >= 11 is 0. The summed E-state index contributed by atoms with van der Waals surface area (Å²) < 4.78 is 12.1. The largest absolute Gasteiger partial charge is 0.456 e. The van der Waals surface area contributed by atoms with Crippen molar-refractivity contribution in [2.45, 2.75) is 6.54 Å². The Labute approximate surface area is 74.0 Å². The van der Waals surface area contributed by atoms with Crippen LogP contribution in [0.25, 0.3) is 5.76 Å². The Hall–Kier alpha value is -1.71. The van der Waals surface area contributed by atoms with Gasteiger partial charge in [-0.15, -0.1) is 0 Å². The van der Waals surface area contributed by atoms with E-state index in [4.69, 9.17) is 9.47 Å². The van der Waals surface area contributed by atoms with Crippen molar-refractivity contribution in [2.24, 2.45) is 0 Å². The Bertz CT molecular complexity index is 458. The molecule has 3 rings (SSSR count). The molecule has 1 aromatic heterocycles. The summed E-state index contributed by atoms with van der Waals surface area (Å²) in [5.74, 6) is 1.49. The Kier molecular flexibility index (Phi) is 1.12. The van der Waals surface area contributed by atoms with Crippen LogP contribution in [0.5, 0.6) is 0 Å². The highest BCUT2D eigenvalue weighted by molar-refractivity contribution is 5.63. The topological polar surface area (TPSA) is 40.5 Å². The number of hydrogen-bond donors (Lipinski definition) is 0. The SMILES string of the molecule is O=c1cccc2n1CC1=C2OCO1. The first-order valence-corrected chi connectivity index (χ1v) is 4.05. The molecule has 0 amide bonds. The number of fused-ring (bicyclic) bond motifs is 2. The first-order valence-electron chi connectivity index (χ1n) is 4.05. The van der Waals surface area contributed by atoms with Crippen LogP contribution in [0, 0.1) is 0 Å².